The Kier molecular flexibility index (Phi) is 3.85. The quantitative estimate of drug-likeness (QED) is 0.406. The number of aryl methyl sites for hydroxylation is 1. The Balaban J connectivity index is 3.00. The maximum atomic E-state index is 10.1. The number of carbonyl (C=O) groups is 1. The first-order chi connectivity index (χ1) is 6.26. The van der Waals surface area contributed by atoms with E-state index in [9.17, 15) is 4.79 Å². The lowest BCUT2D eigenvalue weighted by atomic mass is 10.1. The Labute approximate surface area is 81.1 Å². The summed E-state index contributed by atoms with van der Waals surface area (Å²) in [6.07, 6.45) is 5.14. The first kappa shape index (κ1) is 10.1. The second-order valence-electron chi connectivity index (χ2n) is 2.86. The second kappa shape index (κ2) is 4.94. The Morgan fingerprint density at radius 1 is 1.38 bits per heavy atom. The van der Waals surface area contributed by atoms with E-state index in [1.165, 1.54) is 11.6 Å². The molecule has 0 aromatic heterocycles. The Hall–Kier alpha value is -0.940. The summed E-state index contributed by atoms with van der Waals surface area (Å²) in [5.41, 5.74) is 2.37. The van der Waals surface area contributed by atoms with Gasteiger partial charge in [-0.3, -0.25) is 4.79 Å². The summed E-state index contributed by atoms with van der Waals surface area (Å²) < 4.78 is 0. The van der Waals surface area contributed by atoms with Gasteiger partial charge in [0.1, 0.15) is 6.29 Å². The lowest BCUT2D eigenvalue weighted by molar-refractivity contribution is -0.104. The molecule has 0 radical (unpaired) electrons. The normalized spacial score (nSPS) is 10.6. The number of hydrogen-bond acceptors (Lipinski definition) is 1. The van der Waals surface area contributed by atoms with Crippen molar-refractivity contribution < 1.29 is 4.79 Å². The highest BCUT2D eigenvalue weighted by molar-refractivity contribution is 7.27. The van der Waals surface area contributed by atoms with E-state index in [0.29, 0.717) is 0 Å². The Bertz CT molecular complexity index is 329. The Morgan fingerprint density at radius 2 is 2.15 bits per heavy atom. The van der Waals surface area contributed by atoms with Crippen LogP contribution in [0.5, 0.6) is 0 Å². The van der Waals surface area contributed by atoms with Crippen LogP contribution in [0.15, 0.2) is 24.3 Å². The molecule has 1 unspecified atom stereocenters. The highest BCUT2D eigenvalue weighted by atomic mass is 31.0. The fraction of sp³-hybridized carbons (Fsp3) is 0.182. The molecule has 1 aromatic rings. The number of aldehydes is 1. The van der Waals surface area contributed by atoms with E-state index in [2.05, 4.69) is 28.3 Å². The molecule has 0 aliphatic carbocycles. The van der Waals surface area contributed by atoms with Crippen LogP contribution in [0.2, 0.25) is 0 Å². The van der Waals surface area contributed by atoms with Crippen molar-refractivity contribution in [1.82, 2.24) is 0 Å². The molecule has 1 atom stereocenters. The van der Waals surface area contributed by atoms with Gasteiger partial charge in [0.2, 0.25) is 0 Å². The monoisotopic (exact) mass is 192 g/mol. The lowest BCUT2D eigenvalue weighted by Gasteiger charge is -2.01. The molecule has 0 fully saturated rings. The molecule has 2 heteroatoms. The summed E-state index contributed by atoms with van der Waals surface area (Å²) in [6, 6.07) is 6.25. The molecular formula is C11H13OP. The number of rotatable bonds is 3. The molecule has 0 saturated carbocycles. The standard InChI is InChI=1S/C11H13OP/c1-2-9-6-10(4-3-5-12)8-11(13)7-9/h3-8H,2,13H2,1H3/b4-3+. The van der Waals surface area contributed by atoms with E-state index in [0.717, 1.165) is 23.6 Å². The van der Waals surface area contributed by atoms with E-state index in [4.69, 9.17) is 0 Å². The molecule has 0 saturated heterocycles. The van der Waals surface area contributed by atoms with Crippen molar-refractivity contribution in [2.75, 3.05) is 0 Å². The molecule has 68 valence electrons. The van der Waals surface area contributed by atoms with Gasteiger partial charge in [-0.1, -0.05) is 25.1 Å². The van der Waals surface area contributed by atoms with Crippen molar-refractivity contribution in [3.63, 3.8) is 0 Å². The van der Waals surface area contributed by atoms with Crippen LogP contribution in [-0.2, 0) is 11.2 Å². The maximum Gasteiger partial charge on any atom is 0.142 e. The number of benzene rings is 1. The van der Waals surface area contributed by atoms with Crippen LogP contribution >= 0.6 is 9.24 Å². The predicted molar refractivity (Wildman–Crippen MR) is 60.3 cm³/mol. The highest BCUT2D eigenvalue weighted by Gasteiger charge is 1.93. The molecule has 1 rings (SSSR count). The van der Waals surface area contributed by atoms with Gasteiger partial charge in [-0.2, -0.15) is 0 Å². The van der Waals surface area contributed by atoms with Crippen LogP contribution in [0.3, 0.4) is 0 Å². The first-order valence-electron chi connectivity index (χ1n) is 4.27. The van der Waals surface area contributed by atoms with Crippen LogP contribution in [-0.4, -0.2) is 6.29 Å². The van der Waals surface area contributed by atoms with Crippen LogP contribution in [0.25, 0.3) is 6.08 Å². The molecule has 0 bridgehead atoms. The predicted octanol–water partition coefficient (Wildman–Crippen LogP) is 1.96. The van der Waals surface area contributed by atoms with E-state index in [-0.39, 0.29) is 0 Å². The summed E-state index contributed by atoms with van der Waals surface area (Å²) in [4.78, 5) is 10.1. The van der Waals surface area contributed by atoms with E-state index < -0.39 is 0 Å². The van der Waals surface area contributed by atoms with Crippen LogP contribution < -0.4 is 5.30 Å². The fourth-order valence-corrected chi connectivity index (χ4v) is 1.60. The zero-order chi connectivity index (χ0) is 9.68. The second-order valence-corrected chi connectivity index (χ2v) is 3.52. The molecule has 1 nitrogen and oxygen atoms in total. The summed E-state index contributed by atoms with van der Waals surface area (Å²) in [7, 11) is 2.67. The lowest BCUT2D eigenvalue weighted by Crippen LogP contribution is -1.94. The van der Waals surface area contributed by atoms with Crippen molar-refractivity contribution in [2.24, 2.45) is 0 Å². The highest BCUT2D eigenvalue weighted by Crippen LogP contribution is 2.07. The van der Waals surface area contributed by atoms with Crippen LogP contribution in [0.4, 0.5) is 0 Å². The SMILES string of the molecule is CCc1cc(P)cc(/C=C/C=O)c1. The van der Waals surface area contributed by atoms with Gasteiger partial charge < -0.3 is 0 Å². The minimum atomic E-state index is 0.793. The first-order valence-corrected chi connectivity index (χ1v) is 4.85. The fourth-order valence-electron chi connectivity index (χ4n) is 1.20. The minimum Gasteiger partial charge on any atom is -0.299 e. The summed E-state index contributed by atoms with van der Waals surface area (Å²) in [5, 5.41) is 1.16. The maximum absolute atomic E-state index is 10.1. The van der Waals surface area contributed by atoms with Gasteiger partial charge in [0, 0.05) is 0 Å². The van der Waals surface area contributed by atoms with Crippen molar-refractivity contribution >= 4 is 26.9 Å². The third-order valence-corrected chi connectivity index (χ3v) is 2.15. The Morgan fingerprint density at radius 3 is 2.77 bits per heavy atom. The molecule has 0 spiro atoms. The van der Waals surface area contributed by atoms with Crippen molar-refractivity contribution in [3.8, 4) is 0 Å². The average Bonchev–Trinajstić information content (AvgIpc) is 2.14. The van der Waals surface area contributed by atoms with Gasteiger partial charge in [0.25, 0.3) is 0 Å². The van der Waals surface area contributed by atoms with Gasteiger partial charge in [0.05, 0.1) is 0 Å². The molecule has 0 N–H and O–H groups in total. The number of allylic oxidation sites excluding steroid dienone is 1. The van der Waals surface area contributed by atoms with Gasteiger partial charge in [-0.15, -0.1) is 9.24 Å². The molecule has 0 aliphatic rings. The summed E-state index contributed by atoms with van der Waals surface area (Å²) in [6.45, 7) is 2.12. The van der Waals surface area contributed by atoms with Crippen molar-refractivity contribution in [2.45, 2.75) is 13.3 Å². The largest absolute Gasteiger partial charge is 0.299 e. The zero-order valence-electron chi connectivity index (χ0n) is 7.66. The topological polar surface area (TPSA) is 17.1 Å². The average molecular weight is 192 g/mol. The summed E-state index contributed by atoms with van der Waals surface area (Å²) >= 11 is 0. The van der Waals surface area contributed by atoms with Crippen molar-refractivity contribution in [1.29, 1.82) is 0 Å². The molecule has 13 heavy (non-hydrogen) atoms. The van der Waals surface area contributed by atoms with Crippen molar-refractivity contribution in [3.05, 3.63) is 35.4 Å². The van der Waals surface area contributed by atoms with E-state index >= 15 is 0 Å². The summed E-state index contributed by atoms with van der Waals surface area (Å²) in [5.74, 6) is 0. The van der Waals surface area contributed by atoms with Gasteiger partial charge >= 0.3 is 0 Å². The van der Waals surface area contributed by atoms with Crippen LogP contribution in [0.1, 0.15) is 18.1 Å². The van der Waals surface area contributed by atoms with Gasteiger partial charge in [-0.25, -0.2) is 0 Å². The third-order valence-electron chi connectivity index (χ3n) is 1.81. The minimum absolute atomic E-state index is 0.793. The van der Waals surface area contributed by atoms with Gasteiger partial charge in [0.15, 0.2) is 0 Å². The molecule has 0 aliphatic heterocycles. The van der Waals surface area contributed by atoms with Gasteiger partial charge in [-0.05, 0) is 35.0 Å². The smallest absolute Gasteiger partial charge is 0.142 e. The number of hydrogen-bond donors (Lipinski definition) is 0. The third kappa shape index (κ3) is 3.12. The molecule has 0 amide bonds. The number of carbonyl (C=O) groups excluding carboxylic acids is 1. The van der Waals surface area contributed by atoms with E-state index in [1.807, 2.05) is 12.1 Å². The molecule has 0 heterocycles. The molecular weight excluding hydrogens is 179 g/mol. The molecule has 1 aromatic carbocycles. The van der Waals surface area contributed by atoms with Crippen LogP contribution in [0, 0.1) is 0 Å². The zero-order valence-corrected chi connectivity index (χ0v) is 8.81. The van der Waals surface area contributed by atoms with E-state index in [1.54, 1.807) is 0 Å².